The molecule has 0 bridgehead atoms. The van der Waals surface area contributed by atoms with Crippen molar-refractivity contribution in [3.05, 3.63) is 0 Å². The highest BCUT2D eigenvalue weighted by Crippen LogP contribution is 1.96. The van der Waals surface area contributed by atoms with Crippen molar-refractivity contribution < 1.29 is 9.84 Å². The maximum atomic E-state index is 8.85. The molecule has 4 heteroatoms. The van der Waals surface area contributed by atoms with Gasteiger partial charge in [-0.1, -0.05) is 6.92 Å². The van der Waals surface area contributed by atoms with Crippen molar-refractivity contribution in [3.63, 3.8) is 0 Å². The lowest BCUT2D eigenvalue weighted by Crippen LogP contribution is -2.41. The number of aliphatic hydroxyl groups excluding tert-OH is 1. The monoisotopic (exact) mass is 204 g/mol. The molecule has 1 unspecified atom stereocenters. The van der Waals surface area contributed by atoms with Gasteiger partial charge in [-0.05, 0) is 20.0 Å². The summed E-state index contributed by atoms with van der Waals surface area (Å²) in [5, 5.41) is 12.0. The average molecular weight is 204 g/mol. The van der Waals surface area contributed by atoms with Gasteiger partial charge in [0.05, 0.1) is 6.61 Å². The van der Waals surface area contributed by atoms with Crippen LogP contribution in [0.2, 0.25) is 0 Å². The average Bonchev–Trinajstić information content (AvgIpc) is 2.22. The lowest BCUT2D eigenvalue weighted by atomic mass is 10.2. The number of nitrogens with zero attached hydrogens (tertiary/aromatic N) is 1. The van der Waals surface area contributed by atoms with Gasteiger partial charge in [0.1, 0.15) is 0 Å². The van der Waals surface area contributed by atoms with Crippen LogP contribution in [-0.4, -0.2) is 63.1 Å². The van der Waals surface area contributed by atoms with E-state index in [-0.39, 0.29) is 6.61 Å². The second-order valence-electron chi connectivity index (χ2n) is 3.38. The predicted molar refractivity (Wildman–Crippen MR) is 58.5 cm³/mol. The molecule has 2 N–H and O–H groups in total. The topological polar surface area (TPSA) is 44.7 Å². The first-order valence-electron chi connectivity index (χ1n) is 5.27. The highest BCUT2D eigenvalue weighted by molar-refractivity contribution is 4.69. The van der Waals surface area contributed by atoms with E-state index >= 15 is 0 Å². The van der Waals surface area contributed by atoms with E-state index in [0.29, 0.717) is 6.04 Å². The Labute approximate surface area is 87.2 Å². The Balaban J connectivity index is 3.75. The van der Waals surface area contributed by atoms with Crippen LogP contribution >= 0.6 is 0 Å². The van der Waals surface area contributed by atoms with Gasteiger partial charge in [-0.15, -0.1) is 0 Å². The molecule has 4 nitrogen and oxygen atoms in total. The van der Waals surface area contributed by atoms with Crippen molar-refractivity contribution in [2.75, 3.05) is 47.0 Å². The van der Waals surface area contributed by atoms with E-state index in [1.165, 1.54) is 0 Å². The Bertz CT molecular complexity index is 123. The summed E-state index contributed by atoms with van der Waals surface area (Å²) in [6.45, 7) is 6.10. The molecule has 86 valence electrons. The predicted octanol–water partition coefficient (Wildman–Crippen LogP) is -0.0749. The zero-order chi connectivity index (χ0) is 10.8. The van der Waals surface area contributed by atoms with Gasteiger partial charge in [0.2, 0.25) is 0 Å². The molecular formula is C10H24N2O2. The third kappa shape index (κ3) is 6.32. The van der Waals surface area contributed by atoms with Gasteiger partial charge < -0.3 is 15.2 Å². The van der Waals surface area contributed by atoms with E-state index in [1.54, 1.807) is 7.11 Å². The van der Waals surface area contributed by atoms with Gasteiger partial charge in [0.25, 0.3) is 0 Å². The fourth-order valence-electron chi connectivity index (χ4n) is 1.39. The first-order valence-corrected chi connectivity index (χ1v) is 5.27. The van der Waals surface area contributed by atoms with Gasteiger partial charge in [-0.25, -0.2) is 0 Å². The number of hydrogen-bond acceptors (Lipinski definition) is 4. The number of nitrogens with one attached hydrogen (secondary N) is 1. The van der Waals surface area contributed by atoms with Crippen LogP contribution in [0.1, 0.15) is 13.3 Å². The summed E-state index contributed by atoms with van der Waals surface area (Å²) in [5.74, 6) is 0. The van der Waals surface area contributed by atoms with Crippen molar-refractivity contribution in [3.8, 4) is 0 Å². The second-order valence-corrected chi connectivity index (χ2v) is 3.38. The molecule has 0 amide bonds. The molecule has 14 heavy (non-hydrogen) atoms. The van der Waals surface area contributed by atoms with Crippen LogP contribution < -0.4 is 5.32 Å². The lowest BCUT2D eigenvalue weighted by Gasteiger charge is -2.25. The number of aliphatic hydroxyl groups is 1. The minimum atomic E-state index is 0.243. The maximum Gasteiger partial charge on any atom is 0.0589 e. The Morgan fingerprint density at radius 2 is 2.21 bits per heavy atom. The number of hydrogen-bond donors (Lipinski definition) is 2. The smallest absolute Gasteiger partial charge is 0.0589 e. The molecule has 0 spiro atoms. The summed E-state index contributed by atoms with van der Waals surface area (Å²) < 4.78 is 5.04. The Hall–Kier alpha value is -0.160. The molecule has 0 saturated carbocycles. The summed E-state index contributed by atoms with van der Waals surface area (Å²) >= 11 is 0. The van der Waals surface area contributed by atoms with Gasteiger partial charge in [0.15, 0.2) is 0 Å². The largest absolute Gasteiger partial charge is 0.396 e. The van der Waals surface area contributed by atoms with Crippen molar-refractivity contribution >= 4 is 0 Å². The maximum absolute atomic E-state index is 8.85. The molecule has 0 aliphatic carbocycles. The molecule has 0 aromatic carbocycles. The molecule has 0 fully saturated rings. The Morgan fingerprint density at radius 1 is 1.50 bits per heavy atom. The molecule has 0 aromatic heterocycles. The van der Waals surface area contributed by atoms with Crippen LogP contribution in [0.3, 0.4) is 0 Å². The van der Waals surface area contributed by atoms with Crippen LogP contribution in [0.25, 0.3) is 0 Å². The second kappa shape index (κ2) is 9.40. The van der Waals surface area contributed by atoms with Crippen LogP contribution in [-0.2, 0) is 4.74 Å². The third-order valence-corrected chi connectivity index (χ3v) is 2.42. The first kappa shape index (κ1) is 13.8. The lowest BCUT2D eigenvalue weighted by molar-refractivity contribution is 0.140. The van der Waals surface area contributed by atoms with E-state index < -0.39 is 0 Å². The SMILES string of the molecule is CCN(CCOC)CC(CCO)NC. The molecular weight excluding hydrogens is 180 g/mol. The zero-order valence-electron chi connectivity index (χ0n) is 9.62. The molecule has 0 heterocycles. The highest BCUT2D eigenvalue weighted by atomic mass is 16.5. The summed E-state index contributed by atoms with van der Waals surface area (Å²) in [4.78, 5) is 2.32. The van der Waals surface area contributed by atoms with Crippen LogP contribution in [0.4, 0.5) is 0 Å². The van der Waals surface area contributed by atoms with Crippen molar-refractivity contribution in [2.24, 2.45) is 0 Å². The number of ether oxygens (including phenoxy) is 1. The summed E-state index contributed by atoms with van der Waals surface area (Å²) in [7, 11) is 3.65. The normalized spacial score (nSPS) is 13.5. The van der Waals surface area contributed by atoms with E-state index in [4.69, 9.17) is 9.84 Å². The van der Waals surface area contributed by atoms with Gasteiger partial charge in [0, 0.05) is 32.8 Å². The minimum Gasteiger partial charge on any atom is -0.396 e. The summed E-state index contributed by atoms with van der Waals surface area (Å²) in [6.07, 6.45) is 0.806. The molecule has 0 aromatic rings. The Kier molecular flexibility index (Phi) is 9.29. The van der Waals surface area contributed by atoms with Crippen molar-refractivity contribution in [1.82, 2.24) is 10.2 Å². The first-order chi connectivity index (χ1) is 6.78. The van der Waals surface area contributed by atoms with Crippen LogP contribution in [0.5, 0.6) is 0 Å². The van der Waals surface area contributed by atoms with E-state index in [2.05, 4.69) is 17.1 Å². The minimum absolute atomic E-state index is 0.243. The molecule has 0 rings (SSSR count). The quantitative estimate of drug-likeness (QED) is 0.552. The molecule has 0 aliphatic heterocycles. The van der Waals surface area contributed by atoms with Gasteiger partial charge in [-0.2, -0.15) is 0 Å². The number of methoxy groups -OCH3 is 1. The molecule has 0 radical (unpaired) electrons. The fourth-order valence-corrected chi connectivity index (χ4v) is 1.39. The van der Waals surface area contributed by atoms with Gasteiger partial charge >= 0.3 is 0 Å². The molecule has 0 saturated heterocycles. The molecule has 1 atom stereocenters. The van der Waals surface area contributed by atoms with Crippen LogP contribution in [0, 0.1) is 0 Å². The van der Waals surface area contributed by atoms with Crippen molar-refractivity contribution in [2.45, 2.75) is 19.4 Å². The standard InChI is InChI=1S/C10H24N2O2/c1-4-12(6-8-14-3)9-10(11-2)5-7-13/h10-11,13H,4-9H2,1-3H3. The Morgan fingerprint density at radius 3 is 2.64 bits per heavy atom. The van der Waals surface area contributed by atoms with E-state index in [1.807, 2.05) is 7.05 Å². The van der Waals surface area contributed by atoms with Gasteiger partial charge in [-0.3, -0.25) is 4.90 Å². The van der Waals surface area contributed by atoms with E-state index in [0.717, 1.165) is 32.7 Å². The highest BCUT2D eigenvalue weighted by Gasteiger charge is 2.10. The zero-order valence-corrected chi connectivity index (χ0v) is 9.62. The number of rotatable bonds is 9. The molecule has 0 aliphatic rings. The van der Waals surface area contributed by atoms with E-state index in [9.17, 15) is 0 Å². The summed E-state index contributed by atoms with van der Waals surface area (Å²) in [5.41, 5.74) is 0. The fraction of sp³-hybridized carbons (Fsp3) is 1.00. The van der Waals surface area contributed by atoms with Crippen LogP contribution in [0.15, 0.2) is 0 Å². The van der Waals surface area contributed by atoms with Crippen molar-refractivity contribution in [1.29, 1.82) is 0 Å². The number of likely N-dealkylation sites (N-methyl/N-ethyl adjacent to an activating group) is 2. The summed E-state index contributed by atoms with van der Waals surface area (Å²) in [6, 6.07) is 0.372. The third-order valence-electron chi connectivity index (χ3n) is 2.42.